The molecule has 1 aromatic heterocycles. The lowest BCUT2D eigenvalue weighted by molar-refractivity contribution is 0.590. The Morgan fingerprint density at radius 1 is 1.17 bits per heavy atom. The maximum absolute atomic E-state index is 4.49. The first-order chi connectivity index (χ1) is 8.36. The highest BCUT2D eigenvalue weighted by atomic mass is 35.5. The van der Waals surface area contributed by atoms with E-state index in [2.05, 4.69) is 46.4 Å². The van der Waals surface area contributed by atoms with E-state index >= 15 is 0 Å². The monoisotopic (exact) mass is 263 g/mol. The molecule has 3 rings (SSSR count). The van der Waals surface area contributed by atoms with Crippen LogP contribution in [0.2, 0.25) is 0 Å². The molecule has 1 aliphatic heterocycles. The molecule has 0 saturated carbocycles. The highest BCUT2D eigenvalue weighted by Gasteiger charge is 2.13. The number of para-hydroxylation sites is 1. The van der Waals surface area contributed by atoms with Gasteiger partial charge in [0.1, 0.15) is 0 Å². The Morgan fingerprint density at radius 3 is 2.72 bits per heavy atom. The third kappa shape index (κ3) is 2.28. The zero-order valence-electron chi connectivity index (χ0n) is 10.5. The number of anilines is 1. The van der Waals surface area contributed by atoms with Crippen LogP contribution in [0, 0.1) is 6.92 Å². The van der Waals surface area contributed by atoms with Crippen molar-refractivity contribution in [1.29, 1.82) is 0 Å². The summed E-state index contributed by atoms with van der Waals surface area (Å²) in [5.41, 5.74) is 3.70. The van der Waals surface area contributed by atoms with Crippen molar-refractivity contribution in [3.8, 4) is 0 Å². The number of fused-ring (bicyclic) bond motifs is 1. The maximum atomic E-state index is 4.49. The Balaban J connectivity index is 0.00000120. The molecule has 96 valence electrons. The summed E-state index contributed by atoms with van der Waals surface area (Å²) in [5, 5.41) is 4.66. The van der Waals surface area contributed by atoms with Gasteiger partial charge in [0.15, 0.2) is 0 Å². The van der Waals surface area contributed by atoms with Gasteiger partial charge in [-0.05, 0) is 18.6 Å². The van der Waals surface area contributed by atoms with Crippen LogP contribution in [0.3, 0.4) is 0 Å². The lowest BCUT2D eigenvalue weighted by atomic mass is 10.1. The van der Waals surface area contributed by atoms with Crippen LogP contribution in [-0.2, 0) is 0 Å². The highest BCUT2D eigenvalue weighted by molar-refractivity contribution is 5.93. The van der Waals surface area contributed by atoms with Crippen LogP contribution in [0.5, 0.6) is 0 Å². The Hall–Kier alpha value is -1.32. The molecule has 3 nitrogen and oxygen atoms in total. The molecular formula is C14H18ClN3. The fourth-order valence-corrected chi connectivity index (χ4v) is 2.49. The van der Waals surface area contributed by atoms with Crippen LogP contribution < -0.4 is 10.2 Å². The molecule has 1 N–H and O–H groups in total. The maximum Gasteiger partial charge on any atom is 0.0751 e. The number of hydrogen-bond acceptors (Lipinski definition) is 3. The van der Waals surface area contributed by atoms with Gasteiger partial charge in [-0.2, -0.15) is 0 Å². The number of halogens is 1. The van der Waals surface area contributed by atoms with Crippen LogP contribution in [0.1, 0.15) is 5.56 Å². The Labute approximate surface area is 114 Å². The van der Waals surface area contributed by atoms with Gasteiger partial charge in [0.25, 0.3) is 0 Å². The number of benzene rings is 1. The molecule has 4 heteroatoms. The number of aryl methyl sites for hydroxylation is 1. The van der Waals surface area contributed by atoms with Gasteiger partial charge in [-0.15, -0.1) is 12.4 Å². The molecule has 1 aliphatic rings. The van der Waals surface area contributed by atoms with Gasteiger partial charge >= 0.3 is 0 Å². The molecule has 0 unspecified atom stereocenters. The Bertz CT molecular complexity index is 536. The second-order valence-electron chi connectivity index (χ2n) is 4.54. The summed E-state index contributed by atoms with van der Waals surface area (Å²) < 4.78 is 0. The molecule has 0 amide bonds. The molecule has 1 fully saturated rings. The van der Waals surface area contributed by atoms with E-state index in [1.165, 1.54) is 16.6 Å². The van der Waals surface area contributed by atoms with Crippen LogP contribution >= 0.6 is 12.4 Å². The van der Waals surface area contributed by atoms with Gasteiger partial charge in [0.05, 0.1) is 5.52 Å². The number of piperazine rings is 1. The minimum absolute atomic E-state index is 0. The topological polar surface area (TPSA) is 28.2 Å². The van der Waals surface area contributed by atoms with Crippen LogP contribution in [0.25, 0.3) is 10.9 Å². The van der Waals surface area contributed by atoms with Gasteiger partial charge in [-0.1, -0.05) is 18.2 Å². The molecule has 0 aliphatic carbocycles. The minimum atomic E-state index is 0. The normalized spacial score (nSPS) is 15.5. The molecule has 1 saturated heterocycles. The summed E-state index contributed by atoms with van der Waals surface area (Å²) in [6.45, 7) is 6.41. The predicted octanol–water partition coefficient (Wildman–Crippen LogP) is 2.37. The Kier molecular flexibility index (Phi) is 4.04. The number of nitrogens with one attached hydrogen (secondary N) is 1. The average molecular weight is 264 g/mol. The van der Waals surface area contributed by atoms with E-state index in [0.29, 0.717) is 0 Å². The number of hydrogen-bond donors (Lipinski definition) is 1. The van der Waals surface area contributed by atoms with Crippen molar-refractivity contribution in [3.05, 3.63) is 36.0 Å². The summed E-state index contributed by atoms with van der Waals surface area (Å²) in [7, 11) is 0. The summed E-state index contributed by atoms with van der Waals surface area (Å²) in [6.07, 6.45) is 1.92. The summed E-state index contributed by atoms with van der Waals surface area (Å²) in [4.78, 5) is 6.94. The molecular weight excluding hydrogens is 246 g/mol. The van der Waals surface area contributed by atoms with E-state index < -0.39 is 0 Å². The molecule has 0 radical (unpaired) electrons. The van der Waals surface area contributed by atoms with Crippen molar-refractivity contribution in [2.45, 2.75) is 6.92 Å². The third-order valence-electron chi connectivity index (χ3n) is 3.41. The van der Waals surface area contributed by atoms with Crippen LogP contribution in [0.4, 0.5) is 5.69 Å². The minimum Gasteiger partial charge on any atom is -0.368 e. The van der Waals surface area contributed by atoms with E-state index in [-0.39, 0.29) is 12.4 Å². The van der Waals surface area contributed by atoms with E-state index in [1.54, 1.807) is 0 Å². The van der Waals surface area contributed by atoms with Crippen LogP contribution in [-0.4, -0.2) is 31.2 Å². The van der Waals surface area contributed by atoms with E-state index in [0.717, 1.165) is 31.7 Å². The summed E-state index contributed by atoms with van der Waals surface area (Å²) in [6, 6.07) is 8.54. The molecule has 2 aromatic rings. The molecule has 2 heterocycles. The molecule has 0 atom stereocenters. The van der Waals surface area contributed by atoms with Gasteiger partial charge in [0.2, 0.25) is 0 Å². The zero-order valence-corrected chi connectivity index (χ0v) is 11.3. The molecule has 18 heavy (non-hydrogen) atoms. The SMILES string of the molecule is Cc1cccc2c(N3CCNCC3)ccnc12.Cl. The lowest BCUT2D eigenvalue weighted by Gasteiger charge is -2.30. The van der Waals surface area contributed by atoms with Crippen molar-refractivity contribution in [1.82, 2.24) is 10.3 Å². The first-order valence-electron chi connectivity index (χ1n) is 6.16. The van der Waals surface area contributed by atoms with Crippen molar-refractivity contribution in [2.24, 2.45) is 0 Å². The van der Waals surface area contributed by atoms with E-state index in [9.17, 15) is 0 Å². The number of nitrogens with zero attached hydrogens (tertiary/aromatic N) is 2. The molecule has 0 bridgehead atoms. The highest BCUT2D eigenvalue weighted by Crippen LogP contribution is 2.27. The zero-order chi connectivity index (χ0) is 11.7. The van der Waals surface area contributed by atoms with Gasteiger partial charge in [-0.3, -0.25) is 4.98 Å². The number of pyridine rings is 1. The van der Waals surface area contributed by atoms with Gasteiger partial charge in [-0.25, -0.2) is 0 Å². The van der Waals surface area contributed by atoms with Gasteiger partial charge in [0, 0.05) is 43.4 Å². The van der Waals surface area contributed by atoms with Crippen molar-refractivity contribution in [3.63, 3.8) is 0 Å². The molecule has 1 aromatic carbocycles. The molecule has 0 spiro atoms. The average Bonchev–Trinajstić information content (AvgIpc) is 2.40. The summed E-state index contributed by atoms with van der Waals surface area (Å²) >= 11 is 0. The first-order valence-corrected chi connectivity index (χ1v) is 6.16. The van der Waals surface area contributed by atoms with Crippen molar-refractivity contribution >= 4 is 29.0 Å². The fraction of sp³-hybridized carbons (Fsp3) is 0.357. The first kappa shape index (κ1) is 13.1. The summed E-state index contributed by atoms with van der Waals surface area (Å²) in [5.74, 6) is 0. The second-order valence-corrected chi connectivity index (χ2v) is 4.54. The third-order valence-corrected chi connectivity index (χ3v) is 3.41. The Morgan fingerprint density at radius 2 is 1.94 bits per heavy atom. The van der Waals surface area contributed by atoms with Crippen molar-refractivity contribution in [2.75, 3.05) is 31.1 Å². The van der Waals surface area contributed by atoms with E-state index in [1.807, 2.05) is 6.20 Å². The van der Waals surface area contributed by atoms with E-state index in [4.69, 9.17) is 0 Å². The van der Waals surface area contributed by atoms with Crippen molar-refractivity contribution < 1.29 is 0 Å². The predicted molar refractivity (Wildman–Crippen MR) is 78.8 cm³/mol. The lowest BCUT2D eigenvalue weighted by Crippen LogP contribution is -2.43. The smallest absolute Gasteiger partial charge is 0.0751 e. The standard InChI is InChI=1S/C14H17N3.ClH/c1-11-3-2-4-12-13(5-6-16-14(11)12)17-9-7-15-8-10-17;/h2-6,15H,7-10H2,1H3;1H. The number of aromatic nitrogens is 1. The van der Waals surface area contributed by atoms with Gasteiger partial charge < -0.3 is 10.2 Å². The quantitative estimate of drug-likeness (QED) is 0.856. The largest absolute Gasteiger partial charge is 0.368 e. The second kappa shape index (κ2) is 5.55. The number of rotatable bonds is 1. The van der Waals surface area contributed by atoms with Crippen LogP contribution in [0.15, 0.2) is 30.5 Å². The fourth-order valence-electron chi connectivity index (χ4n) is 2.49.